The van der Waals surface area contributed by atoms with E-state index in [0.717, 1.165) is 11.8 Å². The van der Waals surface area contributed by atoms with Gasteiger partial charge in [-0.25, -0.2) is 0 Å². The summed E-state index contributed by atoms with van der Waals surface area (Å²) in [7, 11) is 1.28. The second-order valence-electron chi connectivity index (χ2n) is 3.57. The second kappa shape index (κ2) is 5.81. The molecule has 0 N–H and O–H groups in total. The summed E-state index contributed by atoms with van der Waals surface area (Å²) in [5.74, 6) is -1.22. The number of hydrogen-bond donors (Lipinski definition) is 0. The number of ether oxygens (including phenoxy) is 1. The Balaban J connectivity index is 2.88. The number of allylic oxidation sites excluding steroid dienone is 2. The van der Waals surface area contributed by atoms with Crippen molar-refractivity contribution in [1.82, 2.24) is 0 Å². The van der Waals surface area contributed by atoms with Gasteiger partial charge < -0.3 is 4.74 Å². The van der Waals surface area contributed by atoms with Crippen molar-refractivity contribution in [1.29, 1.82) is 0 Å². The first-order valence-corrected chi connectivity index (χ1v) is 6.11. The highest BCUT2D eigenvalue weighted by Gasteiger charge is 2.36. The molecule has 1 unspecified atom stereocenters. The maximum Gasteiger partial charge on any atom is 0.322 e. The standard InChI is InChI=1S/C10H13NO5S/c1-3-6(10(13)16-2)4-8-9(11(14)15)7(12)5-17-8/h6H,3-5H2,1-2H3. The average Bonchev–Trinajstić information content (AvgIpc) is 2.66. The Kier molecular flexibility index (Phi) is 4.68. The smallest absolute Gasteiger partial charge is 0.322 e. The Morgan fingerprint density at radius 2 is 2.29 bits per heavy atom. The summed E-state index contributed by atoms with van der Waals surface area (Å²) < 4.78 is 4.61. The van der Waals surface area contributed by atoms with Gasteiger partial charge in [0, 0.05) is 0 Å². The molecule has 0 aromatic rings. The molecule has 7 heteroatoms. The molecular formula is C10H13NO5S. The molecule has 0 saturated carbocycles. The van der Waals surface area contributed by atoms with E-state index in [-0.39, 0.29) is 17.9 Å². The Hall–Kier alpha value is -1.37. The molecular weight excluding hydrogens is 246 g/mol. The Bertz CT molecular complexity index is 390. The van der Waals surface area contributed by atoms with E-state index in [4.69, 9.17) is 0 Å². The zero-order valence-electron chi connectivity index (χ0n) is 9.60. The van der Waals surface area contributed by atoms with Crippen LogP contribution in [-0.2, 0) is 14.3 Å². The molecule has 0 fully saturated rings. The minimum atomic E-state index is -0.665. The lowest BCUT2D eigenvalue weighted by Gasteiger charge is -2.11. The topological polar surface area (TPSA) is 86.5 Å². The van der Waals surface area contributed by atoms with Gasteiger partial charge in [-0.3, -0.25) is 19.7 Å². The quantitative estimate of drug-likeness (QED) is 0.421. The van der Waals surface area contributed by atoms with Gasteiger partial charge in [-0.15, -0.1) is 11.8 Å². The van der Waals surface area contributed by atoms with Crippen LogP contribution >= 0.6 is 11.8 Å². The summed E-state index contributed by atoms with van der Waals surface area (Å²) in [6.45, 7) is 1.80. The number of carbonyl (C=O) groups is 2. The second-order valence-corrected chi connectivity index (χ2v) is 4.64. The molecule has 1 aliphatic heterocycles. The number of methoxy groups -OCH3 is 1. The van der Waals surface area contributed by atoms with Gasteiger partial charge in [-0.1, -0.05) is 6.92 Å². The van der Waals surface area contributed by atoms with E-state index >= 15 is 0 Å². The average molecular weight is 259 g/mol. The molecule has 17 heavy (non-hydrogen) atoms. The van der Waals surface area contributed by atoms with Crippen molar-refractivity contribution in [2.24, 2.45) is 5.92 Å². The third-order valence-corrected chi connectivity index (χ3v) is 3.66. The number of hydrogen-bond acceptors (Lipinski definition) is 6. The van der Waals surface area contributed by atoms with E-state index in [1.54, 1.807) is 6.92 Å². The summed E-state index contributed by atoms with van der Waals surface area (Å²) in [6.07, 6.45) is 0.728. The van der Waals surface area contributed by atoms with Gasteiger partial charge in [0.15, 0.2) is 0 Å². The lowest BCUT2D eigenvalue weighted by Crippen LogP contribution is -2.16. The van der Waals surface area contributed by atoms with Crippen molar-refractivity contribution in [3.63, 3.8) is 0 Å². The largest absolute Gasteiger partial charge is 0.469 e. The van der Waals surface area contributed by atoms with Crippen LogP contribution in [0.25, 0.3) is 0 Å². The van der Waals surface area contributed by atoms with E-state index in [1.165, 1.54) is 7.11 Å². The summed E-state index contributed by atoms with van der Waals surface area (Å²) in [4.78, 5) is 33.1. The first-order valence-electron chi connectivity index (χ1n) is 5.12. The van der Waals surface area contributed by atoms with Gasteiger partial charge in [-0.2, -0.15) is 0 Å². The fourth-order valence-corrected chi connectivity index (χ4v) is 2.68. The zero-order valence-corrected chi connectivity index (χ0v) is 10.4. The minimum Gasteiger partial charge on any atom is -0.469 e. The molecule has 1 aliphatic rings. The maximum absolute atomic E-state index is 11.4. The van der Waals surface area contributed by atoms with Crippen LogP contribution in [0.2, 0.25) is 0 Å². The molecule has 1 heterocycles. The van der Waals surface area contributed by atoms with E-state index in [2.05, 4.69) is 4.74 Å². The number of esters is 1. The minimum absolute atomic E-state index is 0.0866. The van der Waals surface area contributed by atoms with Crippen LogP contribution in [0.5, 0.6) is 0 Å². The summed E-state index contributed by atoms with van der Waals surface area (Å²) in [5, 5.41) is 10.7. The highest BCUT2D eigenvalue weighted by atomic mass is 32.2. The molecule has 0 aromatic carbocycles. The Morgan fingerprint density at radius 3 is 2.76 bits per heavy atom. The van der Waals surface area contributed by atoms with E-state index in [9.17, 15) is 19.7 Å². The molecule has 0 radical (unpaired) electrons. The zero-order chi connectivity index (χ0) is 13.0. The molecule has 0 saturated heterocycles. The van der Waals surface area contributed by atoms with E-state index in [1.807, 2.05) is 0 Å². The van der Waals surface area contributed by atoms with Gasteiger partial charge >= 0.3 is 11.7 Å². The first kappa shape index (κ1) is 13.7. The number of rotatable bonds is 5. The number of nitrogens with zero attached hydrogens (tertiary/aromatic N) is 1. The predicted molar refractivity (Wildman–Crippen MR) is 61.9 cm³/mol. The summed E-state index contributed by atoms with van der Waals surface area (Å²) >= 11 is 1.14. The lowest BCUT2D eigenvalue weighted by atomic mass is 10.0. The number of thioether (sulfide) groups is 1. The fraction of sp³-hybridized carbons (Fsp3) is 0.600. The molecule has 0 aromatic heterocycles. The van der Waals surface area contributed by atoms with Crippen LogP contribution < -0.4 is 0 Å². The molecule has 0 amide bonds. The van der Waals surface area contributed by atoms with E-state index < -0.39 is 22.6 Å². The van der Waals surface area contributed by atoms with Crippen molar-refractivity contribution in [2.45, 2.75) is 19.8 Å². The lowest BCUT2D eigenvalue weighted by molar-refractivity contribution is -0.419. The fourth-order valence-electron chi connectivity index (χ4n) is 1.59. The molecule has 94 valence electrons. The van der Waals surface area contributed by atoms with E-state index in [0.29, 0.717) is 11.3 Å². The number of carbonyl (C=O) groups excluding carboxylic acids is 2. The van der Waals surface area contributed by atoms with Crippen molar-refractivity contribution in [2.75, 3.05) is 12.9 Å². The molecule has 1 rings (SSSR count). The van der Waals surface area contributed by atoms with Gasteiger partial charge in [-0.05, 0) is 12.8 Å². The van der Waals surface area contributed by atoms with Crippen LogP contribution in [0.1, 0.15) is 19.8 Å². The van der Waals surface area contributed by atoms with Gasteiger partial charge in [0.2, 0.25) is 5.78 Å². The van der Waals surface area contributed by atoms with Crippen molar-refractivity contribution in [3.8, 4) is 0 Å². The number of Topliss-reactive ketones (excluding diaryl/α,β-unsaturated/α-hetero) is 1. The third kappa shape index (κ3) is 3.06. The summed E-state index contributed by atoms with van der Waals surface area (Å²) in [5.41, 5.74) is -0.364. The number of nitro groups is 1. The third-order valence-electron chi connectivity index (χ3n) is 2.55. The van der Waals surface area contributed by atoms with Crippen molar-refractivity contribution < 1.29 is 19.2 Å². The normalized spacial score (nSPS) is 17.2. The molecule has 0 aliphatic carbocycles. The Labute approximate surface area is 103 Å². The van der Waals surface area contributed by atoms with Gasteiger partial charge in [0.05, 0.1) is 28.6 Å². The Morgan fingerprint density at radius 1 is 1.65 bits per heavy atom. The summed E-state index contributed by atoms with van der Waals surface area (Å²) in [6, 6.07) is 0. The van der Waals surface area contributed by atoms with Crippen LogP contribution in [-0.4, -0.2) is 29.5 Å². The molecule has 6 nitrogen and oxygen atoms in total. The van der Waals surface area contributed by atoms with Crippen molar-refractivity contribution in [3.05, 3.63) is 20.7 Å². The molecule has 0 spiro atoms. The predicted octanol–water partition coefficient (Wildman–Crippen LogP) is 1.38. The van der Waals surface area contributed by atoms with Crippen molar-refractivity contribution >= 4 is 23.5 Å². The van der Waals surface area contributed by atoms with Gasteiger partial charge in [0.1, 0.15) is 0 Å². The number of ketones is 1. The highest BCUT2D eigenvalue weighted by Crippen LogP contribution is 2.35. The monoisotopic (exact) mass is 259 g/mol. The van der Waals surface area contributed by atoms with Gasteiger partial charge in [0.25, 0.3) is 0 Å². The van der Waals surface area contributed by atoms with Crippen LogP contribution in [0.4, 0.5) is 0 Å². The first-order chi connectivity index (χ1) is 8.01. The van der Waals surface area contributed by atoms with Crippen LogP contribution in [0, 0.1) is 16.0 Å². The van der Waals surface area contributed by atoms with Crippen LogP contribution in [0.15, 0.2) is 10.6 Å². The molecule has 0 bridgehead atoms. The SMILES string of the molecule is CCC(CC1=C([N+](=O)[O-])C(=O)CS1)C(=O)OC. The highest BCUT2D eigenvalue weighted by molar-refractivity contribution is 8.04. The molecule has 1 atom stereocenters. The van der Waals surface area contributed by atoms with Crippen LogP contribution in [0.3, 0.4) is 0 Å². The maximum atomic E-state index is 11.4.